The van der Waals surface area contributed by atoms with E-state index in [-0.39, 0.29) is 0 Å². The van der Waals surface area contributed by atoms with Gasteiger partial charge in [-0.25, -0.2) is 5.43 Å². The summed E-state index contributed by atoms with van der Waals surface area (Å²) in [5.74, 6) is 0. The highest BCUT2D eigenvalue weighted by molar-refractivity contribution is 5.50. The Morgan fingerprint density at radius 2 is 2.36 bits per heavy atom. The van der Waals surface area contributed by atoms with Crippen molar-refractivity contribution in [1.82, 2.24) is 10.6 Å². The predicted molar refractivity (Wildman–Crippen MR) is 55.9 cm³/mol. The maximum Gasteiger partial charge on any atom is 0.0955 e. The van der Waals surface area contributed by atoms with E-state index >= 15 is 0 Å². The lowest BCUT2D eigenvalue weighted by molar-refractivity contribution is -0.217. The van der Waals surface area contributed by atoms with E-state index in [2.05, 4.69) is 30.2 Å². The summed E-state index contributed by atoms with van der Waals surface area (Å²) in [4.78, 5) is 5.42. The minimum Gasteiger partial charge on any atom is -0.279 e. The molecule has 1 aliphatic rings. The van der Waals surface area contributed by atoms with Crippen LogP contribution in [0, 0.1) is 0 Å². The fourth-order valence-corrected chi connectivity index (χ4v) is 1.55. The number of benzene rings is 1. The minimum absolute atomic E-state index is 0.633. The van der Waals surface area contributed by atoms with E-state index in [1.54, 1.807) is 5.17 Å². The fraction of sp³-hybridized carbons (Fsp3) is 0.273. The molecule has 74 valence electrons. The van der Waals surface area contributed by atoms with Crippen LogP contribution in [0.25, 0.3) is 6.08 Å². The second-order valence-corrected chi connectivity index (χ2v) is 3.27. The van der Waals surface area contributed by atoms with Gasteiger partial charge in [-0.1, -0.05) is 24.8 Å². The number of nitrogens with one attached hydrogen (secondary N) is 1. The van der Waals surface area contributed by atoms with Crippen molar-refractivity contribution in [3.63, 3.8) is 0 Å². The molecule has 0 spiro atoms. The van der Waals surface area contributed by atoms with Crippen LogP contribution in [0.1, 0.15) is 16.7 Å². The van der Waals surface area contributed by atoms with Crippen molar-refractivity contribution in [3.8, 4) is 0 Å². The molecule has 3 heteroatoms. The molecule has 0 atom stereocenters. The van der Waals surface area contributed by atoms with E-state index in [0.717, 1.165) is 12.1 Å². The number of nitrogens with zero attached hydrogens (tertiary/aromatic N) is 1. The average Bonchev–Trinajstić information content (AvgIpc) is 2.27. The lowest BCUT2D eigenvalue weighted by Crippen LogP contribution is -2.37. The SMILES string of the molecule is C=Cc1ccc2c(c1)CN(NC)OC2. The number of fused-ring (bicyclic) bond motifs is 1. The number of hydroxylamine groups is 1. The zero-order valence-corrected chi connectivity index (χ0v) is 8.29. The summed E-state index contributed by atoms with van der Waals surface area (Å²) >= 11 is 0. The molecule has 0 fully saturated rings. The summed E-state index contributed by atoms with van der Waals surface area (Å²) in [6, 6.07) is 6.30. The van der Waals surface area contributed by atoms with Gasteiger partial charge in [-0.15, -0.1) is 5.17 Å². The highest BCUT2D eigenvalue weighted by atomic mass is 16.7. The molecule has 0 amide bonds. The van der Waals surface area contributed by atoms with Crippen molar-refractivity contribution in [1.29, 1.82) is 0 Å². The van der Waals surface area contributed by atoms with Gasteiger partial charge in [-0.2, -0.15) is 0 Å². The molecule has 2 rings (SSSR count). The van der Waals surface area contributed by atoms with Gasteiger partial charge in [0.2, 0.25) is 0 Å². The fourth-order valence-electron chi connectivity index (χ4n) is 1.55. The van der Waals surface area contributed by atoms with Crippen molar-refractivity contribution >= 4 is 6.08 Å². The molecule has 0 aliphatic carbocycles. The van der Waals surface area contributed by atoms with Gasteiger partial charge in [-0.3, -0.25) is 4.84 Å². The first-order valence-corrected chi connectivity index (χ1v) is 4.65. The monoisotopic (exact) mass is 190 g/mol. The van der Waals surface area contributed by atoms with Gasteiger partial charge in [0.05, 0.1) is 13.2 Å². The number of hydrazine groups is 1. The summed E-state index contributed by atoms with van der Waals surface area (Å²) in [5, 5.41) is 1.73. The van der Waals surface area contributed by atoms with Crippen LogP contribution in [0.2, 0.25) is 0 Å². The largest absolute Gasteiger partial charge is 0.279 e. The third-order valence-corrected chi connectivity index (χ3v) is 2.41. The minimum atomic E-state index is 0.633. The van der Waals surface area contributed by atoms with E-state index in [1.165, 1.54) is 11.1 Å². The second-order valence-electron chi connectivity index (χ2n) is 3.27. The molecule has 0 saturated heterocycles. The maximum absolute atomic E-state index is 5.42. The molecule has 3 nitrogen and oxygen atoms in total. The van der Waals surface area contributed by atoms with E-state index in [0.29, 0.717) is 6.61 Å². The van der Waals surface area contributed by atoms with E-state index < -0.39 is 0 Å². The predicted octanol–water partition coefficient (Wildman–Crippen LogP) is 1.71. The third-order valence-electron chi connectivity index (χ3n) is 2.41. The van der Waals surface area contributed by atoms with Crippen LogP contribution in [0.4, 0.5) is 0 Å². The van der Waals surface area contributed by atoms with Crippen molar-refractivity contribution in [2.45, 2.75) is 13.2 Å². The van der Waals surface area contributed by atoms with E-state index in [1.807, 2.05) is 13.1 Å². The smallest absolute Gasteiger partial charge is 0.0955 e. The topological polar surface area (TPSA) is 24.5 Å². The Labute approximate surface area is 83.9 Å². The van der Waals surface area contributed by atoms with Gasteiger partial charge >= 0.3 is 0 Å². The Morgan fingerprint density at radius 1 is 1.50 bits per heavy atom. The van der Waals surface area contributed by atoms with Crippen LogP contribution in [0.15, 0.2) is 24.8 Å². The lowest BCUT2D eigenvalue weighted by Gasteiger charge is -2.27. The summed E-state index contributed by atoms with van der Waals surface area (Å²) in [7, 11) is 1.85. The zero-order valence-electron chi connectivity index (χ0n) is 8.29. The van der Waals surface area contributed by atoms with Crippen LogP contribution in [-0.4, -0.2) is 12.2 Å². The number of hydrogen-bond acceptors (Lipinski definition) is 3. The van der Waals surface area contributed by atoms with Crippen molar-refractivity contribution in [2.75, 3.05) is 7.05 Å². The maximum atomic E-state index is 5.42. The highest BCUT2D eigenvalue weighted by Gasteiger charge is 2.15. The van der Waals surface area contributed by atoms with E-state index in [4.69, 9.17) is 4.84 Å². The normalized spacial score (nSPS) is 16.4. The molecule has 0 saturated carbocycles. The highest BCUT2D eigenvalue weighted by Crippen LogP contribution is 2.20. The molecule has 0 aromatic heterocycles. The van der Waals surface area contributed by atoms with Gasteiger partial charge in [0.15, 0.2) is 0 Å². The molecular weight excluding hydrogens is 176 g/mol. The van der Waals surface area contributed by atoms with Crippen LogP contribution in [0.3, 0.4) is 0 Å². The molecule has 1 aromatic rings. The Kier molecular flexibility index (Phi) is 2.63. The summed E-state index contributed by atoms with van der Waals surface area (Å²) in [6.07, 6.45) is 1.86. The Bertz CT molecular complexity index is 349. The van der Waals surface area contributed by atoms with Crippen molar-refractivity contribution in [2.24, 2.45) is 0 Å². The van der Waals surface area contributed by atoms with Gasteiger partial charge < -0.3 is 0 Å². The van der Waals surface area contributed by atoms with Gasteiger partial charge in [-0.05, 0) is 22.8 Å². The molecule has 0 bridgehead atoms. The second kappa shape index (κ2) is 3.92. The van der Waals surface area contributed by atoms with Gasteiger partial charge in [0, 0.05) is 7.05 Å². The molecule has 1 N–H and O–H groups in total. The van der Waals surface area contributed by atoms with E-state index in [9.17, 15) is 0 Å². The molecule has 1 heterocycles. The van der Waals surface area contributed by atoms with Crippen molar-refractivity contribution < 1.29 is 4.84 Å². The van der Waals surface area contributed by atoms with Crippen LogP contribution < -0.4 is 5.43 Å². The lowest BCUT2D eigenvalue weighted by atomic mass is 10.0. The first-order valence-electron chi connectivity index (χ1n) is 4.65. The van der Waals surface area contributed by atoms with Gasteiger partial charge in [0.25, 0.3) is 0 Å². The molecule has 1 aromatic carbocycles. The Balaban J connectivity index is 2.29. The molecule has 1 aliphatic heterocycles. The molecule has 0 unspecified atom stereocenters. The first-order chi connectivity index (χ1) is 6.83. The zero-order chi connectivity index (χ0) is 9.97. The summed E-state index contributed by atoms with van der Waals surface area (Å²) < 4.78 is 0. The van der Waals surface area contributed by atoms with Gasteiger partial charge in [0.1, 0.15) is 0 Å². The van der Waals surface area contributed by atoms with Crippen LogP contribution >= 0.6 is 0 Å². The molecule has 14 heavy (non-hydrogen) atoms. The molecular formula is C11H14N2O. The first kappa shape index (κ1) is 9.40. The van der Waals surface area contributed by atoms with Crippen LogP contribution in [0.5, 0.6) is 0 Å². The standard InChI is InChI=1S/C11H14N2O/c1-3-9-4-5-10-8-14-13(12-2)7-11(10)6-9/h3-6,12H,1,7-8H2,2H3. The third kappa shape index (κ3) is 1.70. The summed E-state index contributed by atoms with van der Waals surface area (Å²) in [5.41, 5.74) is 6.67. The average molecular weight is 190 g/mol. The number of rotatable bonds is 2. The quantitative estimate of drug-likeness (QED) is 0.768. The Morgan fingerprint density at radius 3 is 3.07 bits per heavy atom. The molecule has 0 radical (unpaired) electrons. The number of hydrogen-bond donors (Lipinski definition) is 1. The summed E-state index contributed by atoms with van der Waals surface area (Å²) in [6.45, 7) is 5.16. The Hall–Kier alpha value is -1.16. The van der Waals surface area contributed by atoms with Crippen LogP contribution in [-0.2, 0) is 18.0 Å². The van der Waals surface area contributed by atoms with Crippen molar-refractivity contribution in [3.05, 3.63) is 41.5 Å².